The van der Waals surface area contributed by atoms with Crippen LogP contribution in [0.5, 0.6) is 0 Å². The smallest absolute Gasteiger partial charge is 0.288 e. The predicted octanol–water partition coefficient (Wildman–Crippen LogP) is 1.15. The molecule has 0 bridgehead atoms. The molecule has 1 aliphatic rings. The Bertz CT molecular complexity index is 140. The molecule has 0 amide bonds. The number of halogens is 2. The number of hydrogen-bond acceptors (Lipinski definition) is 2. The monoisotopic (exact) mass is 165 g/mol. The summed E-state index contributed by atoms with van der Waals surface area (Å²) in [6.07, 6.45) is 1.66. The number of rotatable bonds is 3. The largest absolute Gasteiger partial charge is 0.372 e. The fraction of sp³-hybridized carbons (Fsp3) is 1.00. The minimum atomic E-state index is -2.86. The van der Waals surface area contributed by atoms with Crippen LogP contribution in [0.3, 0.4) is 0 Å². The fourth-order valence-corrected chi connectivity index (χ4v) is 1.40. The first kappa shape index (κ1) is 8.87. The molecule has 0 unspecified atom stereocenters. The Kier molecular flexibility index (Phi) is 2.16. The summed E-state index contributed by atoms with van der Waals surface area (Å²) >= 11 is 0. The van der Waals surface area contributed by atoms with Crippen LogP contribution < -0.4 is 5.73 Å². The molecule has 11 heavy (non-hydrogen) atoms. The molecule has 1 aliphatic carbocycles. The van der Waals surface area contributed by atoms with Crippen LogP contribution in [-0.4, -0.2) is 25.2 Å². The minimum Gasteiger partial charge on any atom is -0.372 e. The molecule has 0 radical (unpaired) electrons. The van der Waals surface area contributed by atoms with Crippen molar-refractivity contribution in [2.75, 3.05) is 13.7 Å². The second-order valence-corrected chi connectivity index (χ2v) is 2.96. The first-order valence-electron chi connectivity index (χ1n) is 3.71. The van der Waals surface area contributed by atoms with E-state index in [-0.39, 0.29) is 0 Å². The van der Waals surface area contributed by atoms with Gasteiger partial charge < -0.3 is 10.5 Å². The van der Waals surface area contributed by atoms with Crippen LogP contribution >= 0.6 is 0 Å². The molecule has 0 aromatic carbocycles. The van der Waals surface area contributed by atoms with Crippen molar-refractivity contribution in [3.8, 4) is 0 Å². The minimum absolute atomic E-state index is 0.424. The summed E-state index contributed by atoms with van der Waals surface area (Å²) in [5.74, 6) is -2.86. The molecule has 0 heterocycles. The normalized spacial score (nSPS) is 22.9. The van der Waals surface area contributed by atoms with E-state index < -0.39 is 18.1 Å². The van der Waals surface area contributed by atoms with Gasteiger partial charge in [0.05, 0.1) is 6.54 Å². The lowest BCUT2D eigenvalue weighted by Crippen LogP contribution is -2.58. The third kappa shape index (κ3) is 1.14. The molecular weight excluding hydrogens is 152 g/mol. The van der Waals surface area contributed by atoms with Crippen molar-refractivity contribution in [3.63, 3.8) is 0 Å². The van der Waals surface area contributed by atoms with Crippen molar-refractivity contribution in [1.82, 2.24) is 0 Å². The number of hydrogen-bond donors (Lipinski definition) is 1. The van der Waals surface area contributed by atoms with Gasteiger partial charge in [0.25, 0.3) is 5.92 Å². The van der Waals surface area contributed by atoms with Gasteiger partial charge in [-0.05, 0) is 19.3 Å². The molecule has 0 atom stereocenters. The fourth-order valence-electron chi connectivity index (χ4n) is 1.40. The third-order valence-electron chi connectivity index (χ3n) is 2.47. The zero-order chi connectivity index (χ0) is 8.54. The van der Waals surface area contributed by atoms with E-state index in [0.29, 0.717) is 12.8 Å². The van der Waals surface area contributed by atoms with E-state index in [1.807, 2.05) is 0 Å². The number of ether oxygens (including phenoxy) is 1. The summed E-state index contributed by atoms with van der Waals surface area (Å²) in [5.41, 5.74) is 3.70. The lowest BCUT2D eigenvalue weighted by atomic mass is 9.75. The molecule has 0 saturated heterocycles. The van der Waals surface area contributed by atoms with E-state index in [0.717, 1.165) is 6.42 Å². The van der Waals surface area contributed by atoms with E-state index in [1.54, 1.807) is 0 Å². The lowest BCUT2D eigenvalue weighted by Gasteiger charge is -2.45. The van der Waals surface area contributed by atoms with Gasteiger partial charge in [0.2, 0.25) is 0 Å². The van der Waals surface area contributed by atoms with Gasteiger partial charge in [-0.1, -0.05) is 0 Å². The van der Waals surface area contributed by atoms with Crippen LogP contribution in [0.1, 0.15) is 19.3 Å². The van der Waals surface area contributed by atoms with Gasteiger partial charge >= 0.3 is 0 Å². The van der Waals surface area contributed by atoms with Crippen molar-refractivity contribution in [1.29, 1.82) is 0 Å². The summed E-state index contributed by atoms with van der Waals surface area (Å²) in [4.78, 5) is 0. The van der Waals surface area contributed by atoms with Crippen molar-refractivity contribution in [2.45, 2.75) is 30.8 Å². The summed E-state index contributed by atoms with van der Waals surface area (Å²) < 4.78 is 30.8. The van der Waals surface area contributed by atoms with Crippen molar-refractivity contribution in [3.05, 3.63) is 0 Å². The molecule has 1 saturated carbocycles. The molecule has 0 aliphatic heterocycles. The molecule has 0 aromatic heterocycles. The van der Waals surface area contributed by atoms with Gasteiger partial charge in [-0.25, -0.2) is 8.78 Å². The number of nitrogens with two attached hydrogens (primary N) is 1. The maximum absolute atomic E-state index is 13.0. The zero-order valence-corrected chi connectivity index (χ0v) is 6.57. The quantitative estimate of drug-likeness (QED) is 0.680. The molecule has 2 nitrogen and oxygen atoms in total. The molecule has 2 N–H and O–H groups in total. The van der Waals surface area contributed by atoms with Crippen LogP contribution in [0.25, 0.3) is 0 Å². The Morgan fingerprint density at radius 1 is 1.55 bits per heavy atom. The highest BCUT2D eigenvalue weighted by Crippen LogP contribution is 2.46. The van der Waals surface area contributed by atoms with E-state index in [2.05, 4.69) is 0 Å². The summed E-state index contributed by atoms with van der Waals surface area (Å²) in [6.45, 7) is -0.624. The summed E-state index contributed by atoms with van der Waals surface area (Å²) in [5, 5.41) is 0. The zero-order valence-electron chi connectivity index (χ0n) is 6.57. The van der Waals surface area contributed by atoms with Gasteiger partial charge in [0, 0.05) is 7.11 Å². The number of alkyl halides is 2. The molecule has 66 valence electrons. The van der Waals surface area contributed by atoms with Crippen molar-refractivity contribution >= 4 is 0 Å². The second kappa shape index (κ2) is 2.68. The Labute approximate surface area is 64.7 Å². The highest BCUT2D eigenvalue weighted by molar-refractivity contribution is 5.01. The topological polar surface area (TPSA) is 35.2 Å². The van der Waals surface area contributed by atoms with Gasteiger partial charge in [-0.2, -0.15) is 0 Å². The lowest BCUT2D eigenvalue weighted by molar-refractivity contribution is -0.226. The standard InChI is InChI=1S/C7H13F2NO/c1-11-6(3-2-4-6)7(8,9)5-10/h2-5,10H2,1H3. The molecule has 1 rings (SSSR count). The van der Waals surface area contributed by atoms with Crippen LogP contribution in [0.2, 0.25) is 0 Å². The van der Waals surface area contributed by atoms with Gasteiger partial charge in [0.15, 0.2) is 0 Å². The maximum atomic E-state index is 13.0. The van der Waals surface area contributed by atoms with Crippen LogP contribution in [0, 0.1) is 0 Å². The van der Waals surface area contributed by atoms with Gasteiger partial charge in [0.1, 0.15) is 5.60 Å². The van der Waals surface area contributed by atoms with E-state index in [9.17, 15) is 8.78 Å². The first-order chi connectivity index (χ1) is 5.08. The van der Waals surface area contributed by atoms with Crippen LogP contribution in [0.15, 0.2) is 0 Å². The van der Waals surface area contributed by atoms with Crippen molar-refractivity contribution in [2.24, 2.45) is 5.73 Å². The summed E-state index contributed by atoms with van der Waals surface area (Å²) in [7, 11) is 1.32. The maximum Gasteiger partial charge on any atom is 0.288 e. The average Bonchev–Trinajstić information content (AvgIpc) is 1.86. The van der Waals surface area contributed by atoms with Crippen LogP contribution in [-0.2, 0) is 4.74 Å². The summed E-state index contributed by atoms with van der Waals surface area (Å²) in [6, 6.07) is 0. The van der Waals surface area contributed by atoms with Crippen LogP contribution in [0.4, 0.5) is 8.78 Å². The molecule has 1 fully saturated rings. The highest BCUT2D eigenvalue weighted by Gasteiger charge is 2.56. The van der Waals surface area contributed by atoms with E-state index >= 15 is 0 Å². The molecular formula is C7H13F2NO. The van der Waals surface area contributed by atoms with Crippen molar-refractivity contribution < 1.29 is 13.5 Å². The number of methoxy groups -OCH3 is 1. The predicted molar refractivity (Wildman–Crippen MR) is 37.6 cm³/mol. The van der Waals surface area contributed by atoms with Gasteiger partial charge in [-0.15, -0.1) is 0 Å². The third-order valence-corrected chi connectivity index (χ3v) is 2.47. The van der Waals surface area contributed by atoms with E-state index in [4.69, 9.17) is 10.5 Å². The Balaban J connectivity index is 2.68. The average molecular weight is 165 g/mol. The second-order valence-electron chi connectivity index (χ2n) is 2.96. The molecule has 0 aromatic rings. The first-order valence-corrected chi connectivity index (χ1v) is 3.71. The van der Waals surface area contributed by atoms with Gasteiger partial charge in [-0.3, -0.25) is 0 Å². The Hall–Kier alpha value is -0.220. The SMILES string of the molecule is COC1(C(F)(F)CN)CCC1. The molecule has 0 spiro atoms. The highest BCUT2D eigenvalue weighted by atomic mass is 19.3. The Morgan fingerprint density at radius 3 is 2.18 bits per heavy atom. The molecule has 4 heteroatoms. The Morgan fingerprint density at radius 2 is 2.09 bits per heavy atom. The van der Waals surface area contributed by atoms with E-state index in [1.165, 1.54) is 7.11 Å².